The summed E-state index contributed by atoms with van der Waals surface area (Å²) in [7, 11) is -3.39. The second-order valence-corrected chi connectivity index (χ2v) is 9.94. The van der Waals surface area contributed by atoms with Crippen LogP contribution < -0.4 is 4.74 Å². The lowest BCUT2D eigenvalue weighted by Crippen LogP contribution is -2.20. The number of fused-ring (bicyclic) bond motifs is 3. The molecule has 0 fully saturated rings. The molecular weight excluding hydrogens is 469 g/mol. The Labute approximate surface area is 193 Å². The first-order chi connectivity index (χ1) is 16.2. The lowest BCUT2D eigenvalue weighted by molar-refractivity contribution is -0.0522. The van der Waals surface area contributed by atoms with Crippen LogP contribution in [0.2, 0.25) is 0 Å². The number of ether oxygens (including phenoxy) is 2. The smallest absolute Gasteiger partial charge is 0.387 e. The molecule has 0 saturated heterocycles. The van der Waals surface area contributed by atoms with Gasteiger partial charge < -0.3 is 9.47 Å². The van der Waals surface area contributed by atoms with Crippen LogP contribution in [-0.4, -0.2) is 37.3 Å². The molecule has 1 atom stereocenters. The Balaban J connectivity index is 1.65. The Morgan fingerprint density at radius 2 is 1.88 bits per heavy atom. The number of aromatic nitrogens is 2. The summed E-state index contributed by atoms with van der Waals surface area (Å²) in [6.07, 6.45) is 2.39. The van der Waals surface area contributed by atoms with Crippen molar-refractivity contribution in [2.75, 3.05) is 12.9 Å². The van der Waals surface area contributed by atoms with E-state index in [1.165, 1.54) is 36.4 Å². The predicted molar refractivity (Wildman–Crippen MR) is 118 cm³/mol. The van der Waals surface area contributed by atoms with Crippen molar-refractivity contribution in [3.63, 3.8) is 0 Å². The van der Waals surface area contributed by atoms with Gasteiger partial charge in [-0.05, 0) is 23.8 Å². The van der Waals surface area contributed by atoms with Crippen LogP contribution in [0.15, 0.2) is 65.7 Å². The summed E-state index contributed by atoms with van der Waals surface area (Å²) in [6, 6.07) is 13.6. The van der Waals surface area contributed by atoms with Crippen LogP contribution >= 0.6 is 0 Å². The molecule has 10 heteroatoms. The molecule has 0 amide bonds. The standard InChI is InChI=1S/C24H19F3N2O4S/c1-34(30,31)15-8-6-14(7-9-15)17-13-29-21(12-18(17)25)28-19-10-11-32-23(22(19)29)16-4-2-3-5-20(16)33-24(26)27/h2-9,12-13,23-24H,10-11H2,1H3/t23-/m1/s1. The molecule has 0 bridgehead atoms. The van der Waals surface area contributed by atoms with Crippen LogP contribution in [0.25, 0.3) is 16.8 Å². The van der Waals surface area contributed by atoms with E-state index in [-0.39, 0.29) is 16.2 Å². The van der Waals surface area contributed by atoms with Crippen molar-refractivity contribution in [2.24, 2.45) is 0 Å². The molecule has 2 aromatic carbocycles. The molecule has 1 aliphatic rings. The first kappa shape index (κ1) is 22.4. The number of sulfone groups is 1. The van der Waals surface area contributed by atoms with Crippen molar-refractivity contribution in [1.82, 2.24) is 9.38 Å². The van der Waals surface area contributed by atoms with Crippen molar-refractivity contribution in [3.05, 3.63) is 83.6 Å². The number of hydrogen-bond donors (Lipinski definition) is 0. The van der Waals surface area contributed by atoms with Gasteiger partial charge in [-0.1, -0.05) is 30.3 Å². The van der Waals surface area contributed by atoms with E-state index in [9.17, 15) is 17.2 Å². The minimum absolute atomic E-state index is 0.0102. The number of halogens is 3. The summed E-state index contributed by atoms with van der Waals surface area (Å²) in [5, 5.41) is 0. The van der Waals surface area contributed by atoms with E-state index in [0.29, 0.717) is 41.2 Å². The zero-order valence-corrected chi connectivity index (χ0v) is 18.7. The molecule has 1 aliphatic heterocycles. The average Bonchev–Trinajstić information content (AvgIpc) is 3.15. The van der Waals surface area contributed by atoms with E-state index in [1.807, 2.05) is 0 Å². The van der Waals surface area contributed by atoms with Crippen LogP contribution in [0.5, 0.6) is 5.75 Å². The number of pyridine rings is 1. The minimum Gasteiger partial charge on any atom is -0.434 e. The Kier molecular flexibility index (Phi) is 5.57. The maximum Gasteiger partial charge on any atom is 0.387 e. The third-order valence-electron chi connectivity index (χ3n) is 5.71. The molecule has 2 aromatic heterocycles. The largest absolute Gasteiger partial charge is 0.434 e. The molecule has 0 unspecified atom stereocenters. The van der Waals surface area contributed by atoms with Gasteiger partial charge in [-0.25, -0.2) is 17.8 Å². The van der Waals surface area contributed by atoms with Gasteiger partial charge in [-0.15, -0.1) is 0 Å². The van der Waals surface area contributed by atoms with E-state index in [2.05, 4.69) is 4.98 Å². The third-order valence-corrected chi connectivity index (χ3v) is 6.83. The Bertz CT molecular complexity index is 1480. The molecule has 5 rings (SSSR count). The van der Waals surface area contributed by atoms with Gasteiger partial charge in [0.25, 0.3) is 0 Å². The van der Waals surface area contributed by atoms with E-state index < -0.39 is 28.4 Å². The molecule has 0 aliphatic carbocycles. The number of benzene rings is 2. The van der Waals surface area contributed by atoms with Gasteiger partial charge >= 0.3 is 6.61 Å². The van der Waals surface area contributed by atoms with Crippen LogP contribution in [0, 0.1) is 5.82 Å². The Morgan fingerprint density at radius 1 is 1.15 bits per heavy atom. The van der Waals surface area contributed by atoms with Gasteiger partial charge in [0.1, 0.15) is 23.3 Å². The summed E-state index contributed by atoms with van der Waals surface area (Å²) in [5.41, 5.74) is 2.74. The quantitative estimate of drug-likeness (QED) is 0.403. The second kappa shape index (κ2) is 8.44. The van der Waals surface area contributed by atoms with E-state index in [4.69, 9.17) is 9.47 Å². The highest BCUT2D eigenvalue weighted by atomic mass is 32.2. The highest BCUT2D eigenvalue weighted by Crippen LogP contribution is 2.39. The lowest BCUT2D eigenvalue weighted by Gasteiger charge is -2.25. The van der Waals surface area contributed by atoms with Gasteiger partial charge in [-0.3, -0.25) is 4.40 Å². The fourth-order valence-corrected chi connectivity index (χ4v) is 4.81. The molecule has 0 radical (unpaired) electrons. The zero-order valence-electron chi connectivity index (χ0n) is 17.9. The van der Waals surface area contributed by atoms with Crippen molar-refractivity contribution in [2.45, 2.75) is 24.0 Å². The minimum atomic E-state index is -3.39. The van der Waals surface area contributed by atoms with Gasteiger partial charge in [-0.2, -0.15) is 8.78 Å². The monoisotopic (exact) mass is 488 g/mol. The van der Waals surface area contributed by atoms with Gasteiger partial charge in [0.15, 0.2) is 9.84 Å². The van der Waals surface area contributed by atoms with Crippen LogP contribution in [0.1, 0.15) is 23.1 Å². The van der Waals surface area contributed by atoms with Crippen molar-refractivity contribution >= 4 is 15.5 Å². The predicted octanol–water partition coefficient (Wildman–Crippen LogP) is 4.81. The van der Waals surface area contributed by atoms with Crippen molar-refractivity contribution in [1.29, 1.82) is 0 Å². The number of nitrogens with zero attached hydrogens (tertiary/aromatic N) is 2. The molecule has 4 aromatic rings. The molecule has 0 spiro atoms. The van der Waals surface area contributed by atoms with Gasteiger partial charge in [0.05, 0.1) is 22.9 Å². The molecule has 6 nitrogen and oxygen atoms in total. The SMILES string of the molecule is CS(=O)(=O)c1ccc(-c2cn3c4c(nc3cc2F)CCO[C@@H]4c2ccccc2OC(F)F)cc1. The van der Waals surface area contributed by atoms with Gasteiger partial charge in [0, 0.05) is 36.1 Å². The molecule has 176 valence electrons. The molecular formula is C24H19F3N2O4S. The normalized spacial score (nSPS) is 16.1. The summed E-state index contributed by atoms with van der Waals surface area (Å²) in [4.78, 5) is 4.66. The summed E-state index contributed by atoms with van der Waals surface area (Å²) >= 11 is 0. The number of hydrogen-bond acceptors (Lipinski definition) is 5. The fraction of sp³-hybridized carbons (Fsp3) is 0.208. The van der Waals surface area contributed by atoms with Crippen LogP contribution in [0.4, 0.5) is 13.2 Å². The van der Waals surface area contributed by atoms with E-state index >= 15 is 4.39 Å². The number of alkyl halides is 2. The van der Waals surface area contributed by atoms with Crippen LogP contribution in [0.3, 0.4) is 0 Å². The van der Waals surface area contributed by atoms with Gasteiger partial charge in [0.2, 0.25) is 0 Å². The Hall–Kier alpha value is -3.37. The maximum atomic E-state index is 15.0. The summed E-state index contributed by atoms with van der Waals surface area (Å²) < 4.78 is 76.8. The van der Waals surface area contributed by atoms with Crippen molar-refractivity contribution < 1.29 is 31.1 Å². The molecule has 3 heterocycles. The summed E-state index contributed by atoms with van der Waals surface area (Å²) in [5.74, 6) is -0.537. The number of imidazole rings is 1. The highest BCUT2D eigenvalue weighted by Gasteiger charge is 2.31. The third kappa shape index (κ3) is 4.03. The zero-order chi connectivity index (χ0) is 24.0. The molecule has 0 N–H and O–H groups in total. The topological polar surface area (TPSA) is 69.9 Å². The average molecular weight is 488 g/mol. The maximum absolute atomic E-state index is 15.0. The van der Waals surface area contributed by atoms with Crippen LogP contribution in [-0.2, 0) is 21.0 Å². The number of rotatable bonds is 5. The first-order valence-corrected chi connectivity index (χ1v) is 12.3. The Morgan fingerprint density at radius 3 is 2.59 bits per heavy atom. The first-order valence-electron chi connectivity index (χ1n) is 10.4. The van der Waals surface area contributed by atoms with E-state index in [0.717, 1.165) is 6.26 Å². The number of para-hydroxylation sites is 1. The summed E-state index contributed by atoms with van der Waals surface area (Å²) in [6.45, 7) is -2.69. The highest BCUT2D eigenvalue weighted by molar-refractivity contribution is 7.90. The lowest BCUT2D eigenvalue weighted by atomic mass is 10.0. The molecule has 34 heavy (non-hydrogen) atoms. The van der Waals surface area contributed by atoms with E-state index in [1.54, 1.807) is 28.8 Å². The molecule has 0 saturated carbocycles. The van der Waals surface area contributed by atoms with Crippen molar-refractivity contribution in [3.8, 4) is 16.9 Å². The second-order valence-electron chi connectivity index (χ2n) is 7.92. The fourth-order valence-electron chi connectivity index (χ4n) is 4.18.